The molecular weight excluding hydrogens is 474 g/mol. The molecule has 186 valence electrons. The van der Waals surface area contributed by atoms with Gasteiger partial charge in [-0.1, -0.05) is 30.3 Å². The van der Waals surface area contributed by atoms with Crippen molar-refractivity contribution in [2.45, 2.75) is 49.0 Å². The Hall–Kier alpha value is -3.68. The van der Waals surface area contributed by atoms with Crippen LogP contribution in [0.3, 0.4) is 0 Å². The molecule has 2 fully saturated rings. The fourth-order valence-corrected chi connectivity index (χ4v) is 5.89. The summed E-state index contributed by atoms with van der Waals surface area (Å²) in [5, 5.41) is 24.1. The van der Waals surface area contributed by atoms with Gasteiger partial charge in [-0.3, -0.25) is 14.4 Å². The van der Waals surface area contributed by atoms with Crippen molar-refractivity contribution in [3.05, 3.63) is 41.7 Å². The second-order valence-corrected chi connectivity index (χ2v) is 10.4. The Morgan fingerprint density at radius 2 is 1.94 bits per heavy atom. The van der Waals surface area contributed by atoms with Gasteiger partial charge in [-0.05, 0) is 36.8 Å². The van der Waals surface area contributed by atoms with Crippen molar-refractivity contribution in [3.63, 3.8) is 0 Å². The highest BCUT2D eigenvalue weighted by Crippen LogP contribution is 2.56. The van der Waals surface area contributed by atoms with E-state index in [4.69, 9.17) is 0 Å². The number of aromatic nitrogens is 4. The lowest BCUT2D eigenvalue weighted by molar-refractivity contribution is -0.152. The van der Waals surface area contributed by atoms with Crippen LogP contribution in [0.1, 0.15) is 44.2 Å². The van der Waals surface area contributed by atoms with E-state index in [-0.39, 0.29) is 23.9 Å². The number of amides is 5. The number of nitrogens with zero attached hydrogens (tertiary/aromatic N) is 4. The largest absolute Gasteiger partial charge is 0.340 e. The summed E-state index contributed by atoms with van der Waals surface area (Å²) in [7, 11) is 0. The third-order valence-corrected chi connectivity index (χ3v) is 7.38. The number of nitrogens with one attached hydrogen (secondary N) is 5. The van der Waals surface area contributed by atoms with E-state index in [1.165, 1.54) is 0 Å². The van der Waals surface area contributed by atoms with E-state index < -0.39 is 34.7 Å². The molecular formula is C21H27N9O4S. The highest BCUT2D eigenvalue weighted by molar-refractivity contribution is 8.01. The Morgan fingerprint density at radius 1 is 1.20 bits per heavy atom. The van der Waals surface area contributed by atoms with Crippen LogP contribution in [0.4, 0.5) is 4.79 Å². The Morgan fingerprint density at radius 3 is 2.60 bits per heavy atom. The van der Waals surface area contributed by atoms with Gasteiger partial charge in [0.25, 0.3) is 0 Å². The van der Waals surface area contributed by atoms with Crippen LogP contribution in [0.15, 0.2) is 30.3 Å². The van der Waals surface area contributed by atoms with Gasteiger partial charge in [-0.15, -0.1) is 16.9 Å². The summed E-state index contributed by atoms with van der Waals surface area (Å²) in [5.74, 6) is -0.837. The van der Waals surface area contributed by atoms with Crippen molar-refractivity contribution in [2.24, 2.45) is 0 Å². The fraction of sp³-hybridized carbons (Fsp3) is 0.476. The van der Waals surface area contributed by atoms with E-state index in [1.54, 1.807) is 53.9 Å². The number of fused-ring (bicyclic) bond motifs is 1. The van der Waals surface area contributed by atoms with Gasteiger partial charge in [-0.2, -0.15) is 0 Å². The van der Waals surface area contributed by atoms with Gasteiger partial charge in [0.2, 0.25) is 17.7 Å². The average Bonchev–Trinajstić information content (AvgIpc) is 3.44. The van der Waals surface area contributed by atoms with Gasteiger partial charge in [0, 0.05) is 11.3 Å². The minimum absolute atomic E-state index is 0.251. The van der Waals surface area contributed by atoms with E-state index in [1.807, 2.05) is 13.8 Å². The van der Waals surface area contributed by atoms with E-state index in [9.17, 15) is 19.2 Å². The van der Waals surface area contributed by atoms with Gasteiger partial charge >= 0.3 is 6.03 Å². The fourth-order valence-electron chi connectivity index (χ4n) is 4.25. The zero-order chi connectivity index (χ0) is 25.2. The number of urea groups is 1. The van der Waals surface area contributed by atoms with Crippen LogP contribution < -0.4 is 21.3 Å². The Labute approximate surface area is 205 Å². The Balaban J connectivity index is 1.45. The summed E-state index contributed by atoms with van der Waals surface area (Å²) in [6.07, 6.45) is 0. The molecule has 5 amide bonds. The molecule has 4 atom stereocenters. The molecule has 3 heterocycles. The summed E-state index contributed by atoms with van der Waals surface area (Å²) in [6, 6.07) is 6.04. The molecule has 2 aliphatic rings. The number of β-lactam (4-membered cyclic amide) rings is 1. The summed E-state index contributed by atoms with van der Waals surface area (Å²) in [5.41, 5.74) is 0.546. The Kier molecular flexibility index (Phi) is 6.91. The molecule has 4 rings (SSSR count). The first kappa shape index (κ1) is 24.4. The molecule has 0 spiro atoms. The van der Waals surface area contributed by atoms with Crippen molar-refractivity contribution < 1.29 is 19.2 Å². The number of aromatic amines is 1. The van der Waals surface area contributed by atoms with Crippen LogP contribution in [-0.2, 0) is 14.4 Å². The molecule has 35 heavy (non-hydrogen) atoms. The number of H-pyrrole nitrogens is 1. The number of rotatable bonds is 8. The Bertz CT molecular complexity index is 1100. The molecule has 1 aromatic carbocycles. The highest BCUT2D eigenvalue weighted by atomic mass is 32.2. The summed E-state index contributed by atoms with van der Waals surface area (Å²) >= 11 is 1.55. The van der Waals surface area contributed by atoms with Crippen molar-refractivity contribution in [3.8, 4) is 0 Å². The lowest BCUT2D eigenvalue weighted by Gasteiger charge is -2.44. The maximum absolute atomic E-state index is 13.3. The smallest absolute Gasteiger partial charge is 0.315 e. The number of hydrogen-bond donors (Lipinski definition) is 5. The normalized spacial score (nSPS) is 23.0. The average molecular weight is 502 g/mol. The molecule has 0 saturated carbocycles. The summed E-state index contributed by atoms with van der Waals surface area (Å²) in [4.78, 5) is 52.1. The lowest BCUT2D eigenvalue weighted by Crippen LogP contribution is -2.68. The van der Waals surface area contributed by atoms with Crippen LogP contribution in [0.2, 0.25) is 0 Å². The predicted molar refractivity (Wildman–Crippen MR) is 126 cm³/mol. The molecule has 1 aromatic heterocycles. The van der Waals surface area contributed by atoms with E-state index >= 15 is 0 Å². The van der Waals surface area contributed by atoms with E-state index in [0.29, 0.717) is 17.9 Å². The first-order valence-electron chi connectivity index (χ1n) is 11.1. The monoisotopic (exact) mass is 501 g/mol. The molecule has 2 aromatic rings. The van der Waals surface area contributed by atoms with Crippen LogP contribution in [0.25, 0.3) is 0 Å². The van der Waals surface area contributed by atoms with Crippen molar-refractivity contribution >= 4 is 35.5 Å². The number of benzene rings is 1. The number of tetrazole rings is 1. The first-order chi connectivity index (χ1) is 16.7. The van der Waals surface area contributed by atoms with Gasteiger partial charge in [0.15, 0.2) is 5.82 Å². The van der Waals surface area contributed by atoms with Crippen molar-refractivity contribution in [1.82, 2.24) is 46.8 Å². The third-order valence-electron chi connectivity index (χ3n) is 5.81. The predicted octanol–water partition coefficient (Wildman–Crippen LogP) is -0.404. The van der Waals surface area contributed by atoms with Crippen LogP contribution in [0, 0.1) is 0 Å². The second kappa shape index (κ2) is 9.90. The standard InChI is InChI=1S/C21H27N9O4S/c1-4-22-20(34)23-10-12(31)24-13(11-8-6-5-7-9-11)17(32)25-14-18(33)30-15(16-26-28-29-27-16)21(2,3)35-19(14)30/h5-9,13-15,19H,4,10H2,1-3H3,(H,24,31)(H,25,32)(H2,22,23,34)(H,26,27,28,29)/t13?,14?,15?,19-/m0/s1. The molecule has 13 nitrogen and oxygen atoms in total. The van der Waals surface area contributed by atoms with Crippen LogP contribution >= 0.6 is 11.8 Å². The number of carbonyl (C=O) groups excluding carboxylic acids is 4. The molecule has 3 unspecified atom stereocenters. The van der Waals surface area contributed by atoms with Crippen LogP contribution in [-0.4, -0.2) is 78.5 Å². The number of carbonyl (C=O) groups is 4. The van der Waals surface area contributed by atoms with Gasteiger partial charge in [0.1, 0.15) is 23.5 Å². The molecule has 14 heteroatoms. The van der Waals surface area contributed by atoms with E-state index in [0.717, 1.165) is 0 Å². The minimum Gasteiger partial charge on any atom is -0.340 e. The minimum atomic E-state index is -1.05. The zero-order valence-corrected chi connectivity index (χ0v) is 20.3. The van der Waals surface area contributed by atoms with E-state index in [2.05, 4.69) is 41.9 Å². The quantitative estimate of drug-likeness (QED) is 0.304. The molecule has 2 aliphatic heterocycles. The van der Waals surface area contributed by atoms with Crippen molar-refractivity contribution in [2.75, 3.05) is 13.1 Å². The molecule has 0 radical (unpaired) electrons. The number of hydrogen-bond acceptors (Lipinski definition) is 8. The molecule has 2 saturated heterocycles. The van der Waals surface area contributed by atoms with Gasteiger partial charge < -0.3 is 26.2 Å². The maximum Gasteiger partial charge on any atom is 0.315 e. The molecule has 0 aliphatic carbocycles. The zero-order valence-electron chi connectivity index (χ0n) is 19.4. The second-order valence-electron chi connectivity index (χ2n) is 8.66. The highest BCUT2D eigenvalue weighted by Gasteiger charge is 2.63. The lowest BCUT2D eigenvalue weighted by atomic mass is 9.95. The van der Waals surface area contributed by atoms with Gasteiger partial charge in [-0.25, -0.2) is 9.89 Å². The first-order valence-corrected chi connectivity index (χ1v) is 12.0. The topological polar surface area (TPSA) is 174 Å². The maximum atomic E-state index is 13.3. The van der Waals surface area contributed by atoms with Crippen molar-refractivity contribution in [1.29, 1.82) is 0 Å². The molecule has 0 bridgehead atoms. The van der Waals surface area contributed by atoms with Crippen LogP contribution in [0.5, 0.6) is 0 Å². The molecule has 5 N–H and O–H groups in total. The summed E-state index contributed by atoms with van der Waals surface area (Å²) in [6.45, 7) is 5.84. The number of thioether (sulfide) groups is 1. The SMILES string of the molecule is CCNC(=O)NCC(=O)NC(C(=O)NC1C(=O)N2C(c3nnn[nH]3)C(C)(C)S[C@@H]12)c1ccccc1. The third kappa shape index (κ3) is 4.92. The van der Waals surface area contributed by atoms with Gasteiger partial charge in [0.05, 0.1) is 6.54 Å². The summed E-state index contributed by atoms with van der Waals surface area (Å²) < 4.78 is -0.390.